The summed E-state index contributed by atoms with van der Waals surface area (Å²) < 4.78 is 2.13. The summed E-state index contributed by atoms with van der Waals surface area (Å²) >= 11 is 0. The number of pyridine rings is 2. The van der Waals surface area contributed by atoms with Gasteiger partial charge >= 0.3 is 0 Å². The molecule has 0 aliphatic carbocycles. The van der Waals surface area contributed by atoms with E-state index < -0.39 is 0 Å². The maximum atomic E-state index is 4.48. The molecule has 0 aliphatic rings. The summed E-state index contributed by atoms with van der Waals surface area (Å²) in [4.78, 5) is 4.48. The molecule has 2 heteroatoms. The van der Waals surface area contributed by atoms with Crippen LogP contribution in [0, 0.1) is 0 Å². The molecule has 0 N–H and O–H groups in total. The van der Waals surface area contributed by atoms with Gasteiger partial charge in [0.2, 0.25) is 0 Å². The van der Waals surface area contributed by atoms with Crippen LogP contribution in [0.1, 0.15) is 0 Å². The van der Waals surface area contributed by atoms with E-state index in [1.165, 1.54) is 21.7 Å². The maximum Gasteiger partial charge on any atom is 0.0954 e. The highest BCUT2D eigenvalue weighted by Gasteiger charge is 2.07. The molecule has 4 rings (SSSR count). The molecule has 2 nitrogen and oxygen atoms in total. The normalized spacial score (nSPS) is 12.0. The van der Waals surface area contributed by atoms with E-state index in [4.69, 9.17) is 0 Å². The van der Waals surface area contributed by atoms with Gasteiger partial charge in [-0.1, -0.05) is 12.1 Å². The van der Waals surface area contributed by atoms with Crippen molar-refractivity contribution in [3.63, 3.8) is 0 Å². The van der Waals surface area contributed by atoms with Gasteiger partial charge in [0.05, 0.1) is 11.0 Å². The lowest BCUT2D eigenvalue weighted by molar-refractivity contribution is 1.22. The molecule has 3 heterocycles. The molecule has 0 fully saturated rings. The molecule has 0 saturated carbocycles. The minimum Gasteiger partial charge on any atom is -0.321 e. The topological polar surface area (TPSA) is 17.3 Å². The maximum absolute atomic E-state index is 4.48. The van der Waals surface area contributed by atoms with Gasteiger partial charge in [0.1, 0.15) is 0 Å². The minimum absolute atomic E-state index is 1.10. The van der Waals surface area contributed by atoms with Gasteiger partial charge in [-0.3, -0.25) is 4.98 Å². The number of hydrogen-bond acceptors (Lipinski definition) is 1. The van der Waals surface area contributed by atoms with Gasteiger partial charge < -0.3 is 4.40 Å². The zero-order chi connectivity index (χ0) is 9.83. The van der Waals surface area contributed by atoms with Crippen LogP contribution in [0.2, 0.25) is 0 Å². The van der Waals surface area contributed by atoms with Crippen molar-refractivity contribution < 1.29 is 0 Å². The van der Waals surface area contributed by atoms with Crippen LogP contribution in [-0.2, 0) is 0 Å². The molecule has 0 bridgehead atoms. The van der Waals surface area contributed by atoms with Crippen LogP contribution in [0.3, 0.4) is 0 Å². The lowest BCUT2D eigenvalue weighted by atomic mass is 10.2. The lowest BCUT2D eigenvalue weighted by Gasteiger charge is -2.01. The summed E-state index contributed by atoms with van der Waals surface area (Å²) in [6.07, 6.45) is 6.10. The van der Waals surface area contributed by atoms with Crippen molar-refractivity contribution in [1.29, 1.82) is 0 Å². The van der Waals surface area contributed by atoms with E-state index in [2.05, 4.69) is 52.1 Å². The first-order valence-corrected chi connectivity index (χ1v) is 5.00. The first-order chi connectivity index (χ1) is 7.43. The molecule has 3 aromatic heterocycles. The van der Waals surface area contributed by atoms with Crippen LogP contribution in [0.25, 0.3) is 27.2 Å². The van der Waals surface area contributed by atoms with Crippen molar-refractivity contribution in [1.82, 2.24) is 9.38 Å². The van der Waals surface area contributed by atoms with E-state index in [1.54, 1.807) is 0 Å². The van der Waals surface area contributed by atoms with Gasteiger partial charge in [0.15, 0.2) is 0 Å². The molecular weight excluding hydrogens is 184 g/mol. The van der Waals surface area contributed by atoms with Crippen LogP contribution in [-0.4, -0.2) is 9.38 Å². The molecule has 0 unspecified atom stereocenters. The van der Waals surface area contributed by atoms with E-state index >= 15 is 0 Å². The fourth-order valence-electron chi connectivity index (χ4n) is 2.34. The summed E-state index contributed by atoms with van der Waals surface area (Å²) in [5.41, 5.74) is 2.28. The van der Waals surface area contributed by atoms with Gasteiger partial charge in [0, 0.05) is 29.4 Å². The van der Waals surface area contributed by atoms with Crippen LogP contribution in [0.4, 0.5) is 0 Å². The quantitative estimate of drug-likeness (QED) is 0.418. The second kappa shape index (κ2) is 2.28. The lowest BCUT2D eigenvalue weighted by Crippen LogP contribution is -1.85. The standard InChI is InChI=1S/C13H8N2/c1-2-11-13-12-9(5-6-14-13)3-4-10(12)8-15(11)7-1/h1-8H. The van der Waals surface area contributed by atoms with Crippen molar-refractivity contribution in [3.05, 3.63) is 48.9 Å². The first-order valence-electron chi connectivity index (χ1n) is 5.00. The third kappa shape index (κ3) is 0.773. The molecule has 70 valence electrons. The Labute approximate surface area is 86.1 Å². The molecular formula is C13H8N2. The van der Waals surface area contributed by atoms with Crippen molar-refractivity contribution in [2.75, 3.05) is 0 Å². The van der Waals surface area contributed by atoms with Crippen LogP contribution in [0.15, 0.2) is 48.9 Å². The van der Waals surface area contributed by atoms with Gasteiger partial charge in [-0.15, -0.1) is 0 Å². The molecule has 0 spiro atoms. The summed E-state index contributed by atoms with van der Waals surface area (Å²) in [7, 11) is 0. The smallest absolute Gasteiger partial charge is 0.0954 e. The molecule has 0 amide bonds. The Morgan fingerprint density at radius 1 is 1.00 bits per heavy atom. The van der Waals surface area contributed by atoms with Crippen molar-refractivity contribution >= 4 is 27.2 Å². The van der Waals surface area contributed by atoms with Crippen molar-refractivity contribution in [2.45, 2.75) is 0 Å². The van der Waals surface area contributed by atoms with E-state index in [1.807, 2.05) is 6.20 Å². The van der Waals surface area contributed by atoms with E-state index in [0.717, 1.165) is 5.52 Å². The van der Waals surface area contributed by atoms with Gasteiger partial charge in [-0.05, 0) is 23.6 Å². The third-order valence-corrected chi connectivity index (χ3v) is 3.01. The van der Waals surface area contributed by atoms with Crippen molar-refractivity contribution in [2.24, 2.45) is 0 Å². The van der Waals surface area contributed by atoms with E-state index in [9.17, 15) is 0 Å². The molecule has 0 saturated heterocycles. The summed E-state index contributed by atoms with van der Waals surface area (Å²) in [5, 5.41) is 3.82. The Morgan fingerprint density at radius 2 is 1.93 bits per heavy atom. The predicted molar refractivity (Wildman–Crippen MR) is 61.4 cm³/mol. The van der Waals surface area contributed by atoms with Crippen LogP contribution < -0.4 is 0 Å². The molecule has 1 aromatic carbocycles. The number of nitrogens with zero attached hydrogens (tertiary/aromatic N) is 2. The molecule has 15 heavy (non-hydrogen) atoms. The van der Waals surface area contributed by atoms with Crippen LogP contribution >= 0.6 is 0 Å². The Morgan fingerprint density at radius 3 is 2.93 bits per heavy atom. The largest absolute Gasteiger partial charge is 0.321 e. The number of fused-ring (bicyclic) bond motifs is 2. The van der Waals surface area contributed by atoms with Gasteiger partial charge in [-0.25, -0.2) is 0 Å². The monoisotopic (exact) mass is 192 g/mol. The molecule has 0 atom stereocenters. The zero-order valence-corrected chi connectivity index (χ0v) is 8.01. The van der Waals surface area contributed by atoms with Gasteiger partial charge in [-0.2, -0.15) is 0 Å². The molecule has 4 aromatic rings. The number of hydrogen-bond donors (Lipinski definition) is 0. The van der Waals surface area contributed by atoms with Gasteiger partial charge in [0.25, 0.3) is 0 Å². The van der Waals surface area contributed by atoms with Crippen molar-refractivity contribution in [3.8, 4) is 0 Å². The Kier molecular flexibility index (Phi) is 1.10. The summed E-state index contributed by atoms with van der Waals surface area (Å²) in [5.74, 6) is 0. The molecule has 0 radical (unpaired) electrons. The third-order valence-electron chi connectivity index (χ3n) is 3.01. The Balaban J connectivity index is 2.51. The first kappa shape index (κ1) is 7.23. The zero-order valence-electron chi connectivity index (χ0n) is 8.01. The average Bonchev–Trinajstić information content (AvgIpc) is 2.87. The predicted octanol–water partition coefficient (Wildman–Crippen LogP) is 3.08. The Hall–Kier alpha value is -2.09. The van der Waals surface area contributed by atoms with Crippen LogP contribution in [0.5, 0.6) is 0 Å². The van der Waals surface area contributed by atoms with E-state index in [0.29, 0.717) is 0 Å². The summed E-state index contributed by atoms with van der Waals surface area (Å²) in [6, 6.07) is 10.5. The fourth-order valence-corrected chi connectivity index (χ4v) is 2.34. The highest BCUT2D eigenvalue weighted by Crippen LogP contribution is 2.29. The fraction of sp³-hybridized carbons (Fsp3) is 0. The highest BCUT2D eigenvalue weighted by atomic mass is 14.9. The Bertz CT molecular complexity index is 767. The van der Waals surface area contributed by atoms with E-state index in [-0.39, 0.29) is 0 Å². The average molecular weight is 192 g/mol. The second-order valence-electron chi connectivity index (χ2n) is 3.84. The second-order valence-corrected chi connectivity index (χ2v) is 3.84. The molecule has 0 aliphatic heterocycles. The number of aromatic nitrogens is 2. The number of rotatable bonds is 0. The summed E-state index contributed by atoms with van der Waals surface area (Å²) in [6.45, 7) is 0. The highest BCUT2D eigenvalue weighted by molar-refractivity contribution is 6.14. The SMILES string of the molecule is c1cc2c3nccc4ccc(cn2c1)c43. The minimum atomic E-state index is 1.10.